The average molecular weight is 468 g/mol. The summed E-state index contributed by atoms with van der Waals surface area (Å²) in [4.78, 5) is 27.2. The van der Waals surface area contributed by atoms with Crippen LogP contribution in [0, 0.1) is 5.82 Å². The van der Waals surface area contributed by atoms with Crippen LogP contribution in [0.2, 0.25) is 0 Å². The van der Waals surface area contributed by atoms with E-state index in [1.807, 2.05) is 27.7 Å². The molecule has 2 aromatic rings. The molecule has 0 unspecified atom stereocenters. The zero-order chi connectivity index (χ0) is 23.9. The number of halogens is 1. The highest BCUT2D eigenvalue weighted by Gasteiger charge is 2.32. The number of sulfonamides is 1. The summed E-state index contributed by atoms with van der Waals surface area (Å²) in [6.07, 6.45) is 2.48. The fraction of sp³-hybridized carbons (Fsp3) is 0.455. The van der Waals surface area contributed by atoms with E-state index in [1.165, 1.54) is 11.2 Å². The van der Waals surface area contributed by atoms with E-state index < -0.39 is 39.9 Å². The largest absolute Gasteiger partial charge is 0.467 e. The van der Waals surface area contributed by atoms with Crippen LogP contribution < -0.4 is 10.0 Å². The number of nitrogens with zero attached hydrogens (tertiary/aromatic N) is 1. The molecule has 0 bridgehead atoms. The summed E-state index contributed by atoms with van der Waals surface area (Å²) in [5.41, 5.74) is -0.507. The molecule has 0 spiro atoms. The van der Waals surface area contributed by atoms with Gasteiger partial charge in [0.15, 0.2) is 0 Å². The van der Waals surface area contributed by atoms with Gasteiger partial charge >= 0.3 is 0 Å². The molecule has 0 saturated carbocycles. The van der Waals surface area contributed by atoms with Crippen molar-refractivity contribution in [3.63, 3.8) is 0 Å². The standard InChI is InChI=1S/C22H30FN3O5S/c1-5-7-19(21(28)25-22(2,3)4)26(15-17-8-6-13-31-17)20(27)14-24-32(29,30)18-11-9-16(23)10-12-18/h6,8-13,19,24H,5,7,14-15H2,1-4H3,(H,25,28)/t19-/m1/s1. The number of amides is 2. The monoisotopic (exact) mass is 467 g/mol. The number of rotatable bonds is 10. The normalized spacial score (nSPS) is 12.9. The fourth-order valence-corrected chi connectivity index (χ4v) is 4.03. The van der Waals surface area contributed by atoms with Crippen LogP contribution in [0.1, 0.15) is 46.3 Å². The summed E-state index contributed by atoms with van der Waals surface area (Å²) in [7, 11) is -4.04. The highest BCUT2D eigenvalue weighted by Crippen LogP contribution is 2.16. The summed E-state index contributed by atoms with van der Waals surface area (Å²) >= 11 is 0. The Bertz CT molecular complexity index is 999. The van der Waals surface area contributed by atoms with Gasteiger partial charge < -0.3 is 14.6 Å². The molecule has 1 atom stereocenters. The van der Waals surface area contributed by atoms with Gasteiger partial charge in [-0.25, -0.2) is 17.5 Å². The molecule has 2 N–H and O–H groups in total. The van der Waals surface area contributed by atoms with Gasteiger partial charge in [0.2, 0.25) is 21.8 Å². The topological polar surface area (TPSA) is 109 Å². The summed E-state index contributed by atoms with van der Waals surface area (Å²) in [5.74, 6) is -1.03. The number of nitrogens with one attached hydrogen (secondary N) is 2. The van der Waals surface area contributed by atoms with Crippen LogP contribution in [0.4, 0.5) is 4.39 Å². The molecule has 0 saturated heterocycles. The Morgan fingerprint density at radius 1 is 1.16 bits per heavy atom. The zero-order valence-corrected chi connectivity index (χ0v) is 19.5. The van der Waals surface area contributed by atoms with Crippen LogP contribution in [-0.4, -0.2) is 43.3 Å². The number of benzene rings is 1. The molecule has 10 heteroatoms. The fourth-order valence-electron chi connectivity index (χ4n) is 3.05. The van der Waals surface area contributed by atoms with E-state index in [9.17, 15) is 22.4 Å². The van der Waals surface area contributed by atoms with Gasteiger partial charge in [-0.15, -0.1) is 0 Å². The molecule has 1 aromatic carbocycles. The Kier molecular flexibility index (Phi) is 8.57. The number of hydrogen-bond donors (Lipinski definition) is 2. The molecule has 0 fully saturated rings. The average Bonchev–Trinajstić information content (AvgIpc) is 3.21. The maximum absolute atomic E-state index is 13.1. The van der Waals surface area contributed by atoms with E-state index in [-0.39, 0.29) is 17.3 Å². The number of hydrogen-bond acceptors (Lipinski definition) is 5. The lowest BCUT2D eigenvalue weighted by Gasteiger charge is -2.33. The van der Waals surface area contributed by atoms with Crippen LogP contribution in [0.15, 0.2) is 52.0 Å². The Balaban J connectivity index is 2.24. The molecule has 0 radical (unpaired) electrons. The van der Waals surface area contributed by atoms with Gasteiger partial charge in [0.1, 0.15) is 17.6 Å². The van der Waals surface area contributed by atoms with Gasteiger partial charge in [-0.3, -0.25) is 9.59 Å². The summed E-state index contributed by atoms with van der Waals surface area (Å²) < 4.78 is 45.7. The minimum Gasteiger partial charge on any atom is -0.467 e. The molecule has 2 amide bonds. The molecule has 8 nitrogen and oxygen atoms in total. The molecular formula is C22H30FN3O5S. The highest BCUT2D eigenvalue weighted by molar-refractivity contribution is 7.89. The molecule has 2 rings (SSSR count). The first kappa shape index (κ1) is 25.5. The lowest BCUT2D eigenvalue weighted by atomic mass is 10.0. The Morgan fingerprint density at radius 2 is 1.81 bits per heavy atom. The highest BCUT2D eigenvalue weighted by atomic mass is 32.2. The Morgan fingerprint density at radius 3 is 2.34 bits per heavy atom. The van der Waals surface area contributed by atoms with E-state index in [0.717, 1.165) is 24.3 Å². The molecule has 0 aliphatic heterocycles. The van der Waals surface area contributed by atoms with E-state index in [2.05, 4.69) is 10.0 Å². The second-order valence-corrected chi connectivity index (χ2v) is 10.2. The quantitative estimate of drug-likeness (QED) is 0.559. The Labute approximate surface area is 188 Å². The van der Waals surface area contributed by atoms with Crippen LogP contribution in [0.5, 0.6) is 0 Å². The molecule has 176 valence electrons. The third kappa shape index (κ3) is 7.45. The zero-order valence-electron chi connectivity index (χ0n) is 18.7. The molecule has 1 aromatic heterocycles. The number of carbonyl (C=O) groups is 2. The van der Waals surface area contributed by atoms with Gasteiger partial charge in [-0.2, -0.15) is 0 Å². The number of carbonyl (C=O) groups excluding carboxylic acids is 2. The maximum atomic E-state index is 13.1. The van der Waals surface area contributed by atoms with Crippen LogP contribution in [-0.2, 0) is 26.2 Å². The molecule has 1 heterocycles. The smallest absolute Gasteiger partial charge is 0.243 e. The van der Waals surface area contributed by atoms with Crippen LogP contribution >= 0.6 is 0 Å². The first-order valence-corrected chi connectivity index (χ1v) is 11.8. The maximum Gasteiger partial charge on any atom is 0.243 e. The first-order valence-electron chi connectivity index (χ1n) is 10.3. The minimum absolute atomic E-state index is 0.00629. The predicted octanol–water partition coefficient (Wildman–Crippen LogP) is 2.81. The number of furan rings is 1. The second-order valence-electron chi connectivity index (χ2n) is 8.42. The van der Waals surface area contributed by atoms with Crippen molar-refractivity contribution < 1.29 is 26.8 Å². The van der Waals surface area contributed by atoms with Crippen molar-refractivity contribution in [2.45, 2.75) is 63.6 Å². The van der Waals surface area contributed by atoms with E-state index in [1.54, 1.807) is 12.1 Å². The predicted molar refractivity (Wildman–Crippen MR) is 117 cm³/mol. The summed E-state index contributed by atoms with van der Waals surface area (Å²) in [6, 6.07) is 6.79. The lowest BCUT2D eigenvalue weighted by Crippen LogP contribution is -2.55. The van der Waals surface area contributed by atoms with Crippen molar-refractivity contribution in [3.05, 3.63) is 54.2 Å². The second kappa shape index (κ2) is 10.7. The van der Waals surface area contributed by atoms with E-state index in [0.29, 0.717) is 18.6 Å². The van der Waals surface area contributed by atoms with Crippen LogP contribution in [0.25, 0.3) is 0 Å². The van der Waals surface area contributed by atoms with E-state index in [4.69, 9.17) is 4.42 Å². The first-order chi connectivity index (χ1) is 14.9. The van der Waals surface area contributed by atoms with E-state index >= 15 is 0 Å². The molecule has 0 aliphatic carbocycles. The van der Waals surface area contributed by atoms with Gasteiger partial charge in [-0.1, -0.05) is 13.3 Å². The molecule has 32 heavy (non-hydrogen) atoms. The molecule has 0 aliphatic rings. The van der Waals surface area contributed by atoms with Crippen molar-refractivity contribution in [2.75, 3.05) is 6.54 Å². The third-order valence-corrected chi connectivity index (χ3v) is 5.92. The lowest BCUT2D eigenvalue weighted by molar-refractivity contribution is -0.141. The Hall–Kier alpha value is -2.72. The van der Waals surface area contributed by atoms with Gasteiger partial charge in [0.25, 0.3) is 0 Å². The molecular weight excluding hydrogens is 437 g/mol. The van der Waals surface area contributed by atoms with Crippen molar-refractivity contribution in [2.24, 2.45) is 0 Å². The van der Waals surface area contributed by atoms with Crippen molar-refractivity contribution in [1.29, 1.82) is 0 Å². The summed E-state index contributed by atoms with van der Waals surface area (Å²) in [5, 5.41) is 2.88. The third-order valence-electron chi connectivity index (χ3n) is 4.50. The van der Waals surface area contributed by atoms with Crippen molar-refractivity contribution in [3.8, 4) is 0 Å². The van der Waals surface area contributed by atoms with Crippen molar-refractivity contribution >= 4 is 21.8 Å². The van der Waals surface area contributed by atoms with Gasteiger partial charge in [0, 0.05) is 5.54 Å². The van der Waals surface area contributed by atoms with Gasteiger partial charge in [-0.05, 0) is 63.6 Å². The van der Waals surface area contributed by atoms with Gasteiger partial charge in [0.05, 0.1) is 24.2 Å². The van der Waals surface area contributed by atoms with Crippen molar-refractivity contribution in [1.82, 2.24) is 14.9 Å². The minimum atomic E-state index is -4.04. The van der Waals surface area contributed by atoms with Crippen LogP contribution in [0.3, 0.4) is 0 Å². The summed E-state index contributed by atoms with van der Waals surface area (Å²) in [6.45, 7) is 6.84. The SMILES string of the molecule is CCC[C@H](C(=O)NC(C)(C)C)N(Cc1ccco1)C(=O)CNS(=O)(=O)c1ccc(F)cc1.